The van der Waals surface area contributed by atoms with Crippen molar-refractivity contribution in [2.24, 2.45) is 12.5 Å². The molecule has 1 fully saturated rings. The molecule has 5 nitrogen and oxygen atoms in total. The summed E-state index contributed by atoms with van der Waals surface area (Å²) in [4.78, 5) is 12.7. The van der Waals surface area contributed by atoms with E-state index in [2.05, 4.69) is 53.6 Å². The fourth-order valence-corrected chi connectivity index (χ4v) is 4.01. The molecule has 4 rings (SSSR count). The molecule has 5 heteroatoms. The summed E-state index contributed by atoms with van der Waals surface area (Å²) >= 11 is 0. The van der Waals surface area contributed by atoms with E-state index in [1.54, 1.807) is 4.68 Å². The molecule has 1 atom stereocenters. The van der Waals surface area contributed by atoms with Crippen LogP contribution in [0.5, 0.6) is 0 Å². The molecule has 0 spiro atoms. The number of fused-ring (bicyclic) bond motifs is 1. The highest BCUT2D eigenvalue weighted by molar-refractivity contribution is 5.83. The second-order valence-corrected chi connectivity index (χ2v) is 7.14. The molecule has 0 radical (unpaired) electrons. The predicted octanol–water partition coefficient (Wildman–Crippen LogP) is 3.62. The van der Waals surface area contributed by atoms with Crippen LogP contribution in [0, 0.1) is 5.41 Å². The van der Waals surface area contributed by atoms with E-state index in [9.17, 15) is 4.79 Å². The van der Waals surface area contributed by atoms with Crippen LogP contribution in [0.2, 0.25) is 0 Å². The number of benzene rings is 2. The van der Waals surface area contributed by atoms with Crippen molar-refractivity contribution in [1.29, 1.82) is 0 Å². The molecule has 134 valence electrons. The Labute approximate surface area is 153 Å². The molecule has 0 amide bonds. The van der Waals surface area contributed by atoms with Gasteiger partial charge in [0.05, 0.1) is 18.0 Å². The van der Waals surface area contributed by atoms with Crippen LogP contribution in [-0.2, 0) is 23.0 Å². The summed E-state index contributed by atoms with van der Waals surface area (Å²) in [6, 6.07) is 14.7. The summed E-state index contributed by atoms with van der Waals surface area (Å²) in [5.74, 6) is -0.156. The third kappa shape index (κ3) is 2.59. The summed E-state index contributed by atoms with van der Waals surface area (Å²) in [6.07, 6.45) is 2.66. The van der Waals surface area contributed by atoms with Gasteiger partial charge in [0.1, 0.15) is 5.52 Å². The Kier molecular flexibility index (Phi) is 4.02. The number of esters is 1. The second-order valence-electron chi connectivity index (χ2n) is 7.14. The van der Waals surface area contributed by atoms with Crippen molar-refractivity contribution < 1.29 is 9.53 Å². The average molecular weight is 349 g/mol. The maximum absolute atomic E-state index is 12.7. The lowest BCUT2D eigenvalue weighted by molar-refractivity contribution is -0.147. The Morgan fingerprint density at radius 3 is 2.69 bits per heavy atom. The molecule has 0 bridgehead atoms. The van der Waals surface area contributed by atoms with E-state index in [0.717, 1.165) is 41.4 Å². The number of methoxy groups -OCH3 is 1. The predicted molar refractivity (Wildman–Crippen MR) is 99.9 cm³/mol. The van der Waals surface area contributed by atoms with E-state index >= 15 is 0 Å². The minimum absolute atomic E-state index is 0.0344. The second kappa shape index (κ2) is 6.24. The smallest absolute Gasteiger partial charge is 0.312 e. The Morgan fingerprint density at radius 2 is 2.00 bits per heavy atom. The van der Waals surface area contributed by atoms with Gasteiger partial charge in [-0.15, -0.1) is 5.10 Å². The Hall–Kier alpha value is -2.69. The molecule has 1 aromatic heterocycles. The first-order valence-electron chi connectivity index (χ1n) is 9.05. The SMILES string of the molecule is CCc1cccc(C(c2ccc3c(c2)nnn3C)C2(C(=O)OC)CC2)c1. The lowest BCUT2D eigenvalue weighted by atomic mass is 9.77. The highest BCUT2D eigenvalue weighted by Gasteiger charge is 2.57. The molecule has 1 saturated carbocycles. The summed E-state index contributed by atoms with van der Waals surface area (Å²) in [5.41, 5.74) is 4.88. The zero-order valence-electron chi connectivity index (χ0n) is 15.4. The van der Waals surface area contributed by atoms with E-state index < -0.39 is 5.41 Å². The molecular formula is C21H23N3O2. The van der Waals surface area contributed by atoms with E-state index in [1.807, 2.05) is 13.1 Å². The van der Waals surface area contributed by atoms with Crippen LogP contribution in [0.4, 0.5) is 0 Å². The standard InChI is InChI=1S/C21H23N3O2/c1-4-14-6-5-7-15(12-14)19(21(10-11-21)20(25)26-3)16-8-9-18-17(13-16)22-23-24(18)2/h5-9,12-13,19H,4,10-11H2,1-3H3. The number of ether oxygens (including phenoxy) is 1. The number of aromatic nitrogens is 3. The molecule has 2 aromatic carbocycles. The zero-order chi connectivity index (χ0) is 18.3. The van der Waals surface area contributed by atoms with E-state index in [1.165, 1.54) is 12.7 Å². The maximum Gasteiger partial charge on any atom is 0.312 e. The summed E-state index contributed by atoms with van der Waals surface area (Å²) in [7, 11) is 3.36. The van der Waals surface area contributed by atoms with Crippen LogP contribution in [0.3, 0.4) is 0 Å². The molecule has 26 heavy (non-hydrogen) atoms. The minimum atomic E-state index is -0.475. The molecule has 0 saturated heterocycles. The molecular weight excluding hydrogens is 326 g/mol. The van der Waals surface area contributed by atoms with Crippen molar-refractivity contribution in [3.63, 3.8) is 0 Å². The Bertz CT molecular complexity index is 972. The molecule has 1 heterocycles. The monoisotopic (exact) mass is 349 g/mol. The maximum atomic E-state index is 12.7. The van der Waals surface area contributed by atoms with Crippen molar-refractivity contribution in [1.82, 2.24) is 15.0 Å². The number of nitrogens with zero attached hydrogens (tertiary/aromatic N) is 3. The first-order chi connectivity index (χ1) is 12.6. The topological polar surface area (TPSA) is 57.0 Å². The van der Waals surface area contributed by atoms with Crippen LogP contribution in [-0.4, -0.2) is 28.1 Å². The van der Waals surface area contributed by atoms with E-state index in [-0.39, 0.29) is 11.9 Å². The largest absolute Gasteiger partial charge is 0.469 e. The number of hydrogen-bond acceptors (Lipinski definition) is 4. The van der Waals surface area contributed by atoms with Gasteiger partial charge in [-0.2, -0.15) is 0 Å². The number of aryl methyl sites for hydroxylation is 2. The zero-order valence-corrected chi connectivity index (χ0v) is 15.4. The van der Waals surface area contributed by atoms with Gasteiger partial charge in [-0.1, -0.05) is 42.5 Å². The average Bonchev–Trinajstić information content (AvgIpc) is 3.39. The Morgan fingerprint density at radius 1 is 1.23 bits per heavy atom. The molecule has 0 aliphatic heterocycles. The van der Waals surface area contributed by atoms with Crippen molar-refractivity contribution >= 4 is 17.0 Å². The van der Waals surface area contributed by atoms with Gasteiger partial charge in [0.15, 0.2) is 0 Å². The molecule has 1 aliphatic carbocycles. The fourth-order valence-electron chi connectivity index (χ4n) is 4.01. The molecule has 0 N–H and O–H groups in total. The van der Waals surface area contributed by atoms with Crippen LogP contribution < -0.4 is 0 Å². The normalized spacial score (nSPS) is 16.4. The summed E-state index contributed by atoms with van der Waals surface area (Å²) < 4.78 is 6.94. The van der Waals surface area contributed by atoms with Gasteiger partial charge in [-0.3, -0.25) is 4.79 Å². The number of carbonyl (C=O) groups is 1. The van der Waals surface area contributed by atoms with Gasteiger partial charge in [0.2, 0.25) is 0 Å². The first kappa shape index (κ1) is 16.8. The number of carbonyl (C=O) groups excluding carboxylic acids is 1. The van der Waals surface area contributed by atoms with Gasteiger partial charge >= 0.3 is 5.97 Å². The van der Waals surface area contributed by atoms with Crippen molar-refractivity contribution in [2.45, 2.75) is 32.1 Å². The molecule has 1 unspecified atom stereocenters. The third-order valence-corrected chi connectivity index (χ3v) is 5.59. The summed E-state index contributed by atoms with van der Waals surface area (Å²) in [6.45, 7) is 2.15. The van der Waals surface area contributed by atoms with Gasteiger partial charge in [0, 0.05) is 13.0 Å². The fraction of sp³-hybridized carbons (Fsp3) is 0.381. The van der Waals surface area contributed by atoms with Gasteiger partial charge in [0.25, 0.3) is 0 Å². The lowest BCUT2D eigenvalue weighted by Gasteiger charge is -2.26. The van der Waals surface area contributed by atoms with E-state index in [0.29, 0.717) is 0 Å². The highest BCUT2D eigenvalue weighted by Crippen LogP contribution is 2.59. The molecule has 1 aliphatic rings. The highest BCUT2D eigenvalue weighted by atomic mass is 16.5. The van der Waals surface area contributed by atoms with Crippen molar-refractivity contribution in [3.8, 4) is 0 Å². The van der Waals surface area contributed by atoms with Crippen LogP contribution in [0.25, 0.3) is 11.0 Å². The minimum Gasteiger partial charge on any atom is -0.469 e. The lowest BCUT2D eigenvalue weighted by Crippen LogP contribution is -2.26. The van der Waals surface area contributed by atoms with Gasteiger partial charge in [-0.25, -0.2) is 4.68 Å². The van der Waals surface area contributed by atoms with Gasteiger partial charge < -0.3 is 4.74 Å². The van der Waals surface area contributed by atoms with Crippen molar-refractivity contribution in [3.05, 3.63) is 59.2 Å². The quantitative estimate of drug-likeness (QED) is 0.660. The van der Waals surface area contributed by atoms with Crippen molar-refractivity contribution in [2.75, 3.05) is 7.11 Å². The third-order valence-electron chi connectivity index (χ3n) is 5.59. The van der Waals surface area contributed by atoms with Crippen LogP contribution in [0.1, 0.15) is 42.4 Å². The first-order valence-corrected chi connectivity index (χ1v) is 9.05. The van der Waals surface area contributed by atoms with E-state index in [4.69, 9.17) is 4.74 Å². The number of hydrogen-bond donors (Lipinski definition) is 0. The Balaban J connectivity index is 1.88. The number of rotatable bonds is 5. The van der Waals surface area contributed by atoms with Crippen LogP contribution in [0.15, 0.2) is 42.5 Å². The van der Waals surface area contributed by atoms with Crippen LogP contribution >= 0.6 is 0 Å². The molecule has 3 aromatic rings. The van der Waals surface area contributed by atoms with Gasteiger partial charge in [-0.05, 0) is 48.1 Å². The summed E-state index contributed by atoms with van der Waals surface area (Å²) in [5, 5.41) is 8.35.